The molecule has 0 aliphatic rings. The first kappa shape index (κ1) is 33.8. The third-order valence-corrected chi connectivity index (χ3v) is 9.20. The number of anilines is 1. The first-order chi connectivity index (χ1) is 20.5. The number of rotatable bonds is 15. The lowest BCUT2D eigenvalue weighted by molar-refractivity contribution is -0.140. The van der Waals surface area contributed by atoms with Crippen molar-refractivity contribution in [2.75, 3.05) is 30.8 Å². The molecular formula is C32H41N3O6S2. The van der Waals surface area contributed by atoms with E-state index in [2.05, 4.69) is 5.32 Å². The first-order valence-electron chi connectivity index (χ1n) is 14.2. The summed E-state index contributed by atoms with van der Waals surface area (Å²) in [7, 11) is -2.62. The van der Waals surface area contributed by atoms with Gasteiger partial charge in [-0.25, -0.2) is 8.42 Å². The van der Waals surface area contributed by atoms with Crippen molar-refractivity contribution in [3.8, 4) is 11.5 Å². The van der Waals surface area contributed by atoms with Crippen LogP contribution in [-0.4, -0.2) is 63.7 Å². The van der Waals surface area contributed by atoms with E-state index in [1.807, 2.05) is 40.0 Å². The van der Waals surface area contributed by atoms with E-state index in [-0.39, 0.29) is 23.4 Å². The number of amides is 2. The topological polar surface area (TPSA) is 105 Å². The lowest BCUT2D eigenvalue weighted by Crippen LogP contribution is -2.53. The molecular weight excluding hydrogens is 587 g/mol. The average Bonchev–Trinajstić information content (AvgIpc) is 3.00. The molecule has 3 aromatic carbocycles. The van der Waals surface area contributed by atoms with Gasteiger partial charge in [0, 0.05) is 17.5 Å². The summed E-state index contributed by atoms with van der Waals surface area (Å²) in [6, 6.07) is 19.4. The van der Waals surface area contributed by atoms with Crippen LogP contribution >= 0.6 is 11.8 Å². The lowest BCUT2D eigenvalue weighted by Gasteiger charge is -2.33. The van der Waals surface area contributed by atoms with Gasteiger partial charge in [-0.1, -0.05) is 19.1 Å². The molecule has 0 aliphatic carbocycles. The number of methoxy groups -OCH3 is 1. The second-order valence-corrected chi connectivity index (χ2v) is 12.8. The van der Waals surface area contributed by atoms with E-state index in [1.54, 1.807) is 61.7 Å². The third kappa shape index (κ3) is 8.90. The molecule has 1 atom stereocenters. The Kier molecular flexibility index (Phi) is 12.3. The minimum absolute atomic E-state index is 0.0518. The molecule has 0 bridgehead atoms. The van der Waals surface area contributed by atoms with Gasteiger partial charge < -0.3 is 19.7 Å². The molecule has 0 heterocycles. The average molecular weight is 628 g/mol. The molecule has 3 aromatic rings. The van der Waals surface area contributed by atoms with Crippen molar-refractivity contribution in [1.29, 1.82) is 0 Å². The summed E-state index contributed by atoms with van der Waals surface area (Å²) in [6.45, 7) is 7.40. The molecule has 0 saturated heterocycles. The molecule has 43 heavy (non-hydrogen) atoms. The highest BCUT2D eigenvalue weighted by atomic mass is 32.2. The summed E-state index contributed by atoms with van der Waals surface area (Å²) in [6.07, 6.45) is 2.24. The molecule has 0 saturated carbocycles. The van der Waals surface area contributed by atoms with Crippen LogP contribution in [0, 0.1) is 0 Å². The molecule has 232 valence electrons. The molecule has 0 aromatic heterocycles. The van der Waals surface area contributed by atoms with Gasteiger partial charge in [-0.05, 0) is 99.7 Å². The SMILES string of the molecule is CCOc1ccc(N(CC(=O)N(Cc2cccc(OC)c2)[C@@H](CC)C(=O)NC(C)C)S(=O)(=O)c2ccc(SC)cc2)cc1. The summed E-state index contributed by atoms with van der Waals surface area (Å²) >= 11 is 1.50. The molecule has 0 fully saturated rings. The van der Waals surface area contributed by atoms with E-state index in [1.165, 1.54) is 28.8 Å². The Hall–Kier alpha value is -3.70. The van der Waals surface area contributed by atoms with Crippen molar-refractivity contribution in [2.24, 2.45) is 0 Å². The molecule has 0 spiro atoms. The molecule has 0 aliphatic heterocycles. The summed E-state index contributed by atoms with van der Waals surface area (Å²) in [5.74, 6) is 0.357. The van der Waals surface area contributed by atoms with E-state index in [9.17, 15) is 18.0 Å². The fourth-order valence-corrected chi connectivity index (χ4v) is 6.37. The summed E-state index contributed by atoms with van der Waals surface area (Å²) in [5.41, 5.74) is 1.04. The van der Waals surface area contributed by atoms with E-state index in [0.717, 1.165) is 14.8 Å². The Morgan fingerprint density at radius 1 is 0.953 bits per heavy atom. The number of nitrogens with one attached hydrogen (secondary N) is 1. The van der Waals surface area contributed by atoms with Gasteiger partial charge in [0.25, 0.3) is 10.0 Å². The maximum Gasteiger partial charge on any atom is 0.264 e. The molecule has 0 radical (unpaired) electrons. The van der Waals surface area contributed by atoms with Crippen LogP contribution in [0.25, 0.3) is 0 Å². The van der Waals surface area contributed by atoms with Gasteiger partial charge in [0.15, 0.2) is 0 Å². The minimum Gasteiger partial charge on any atom is -0.497 e. The number of hydrogen-bond donors (Lipinski definition) is 1. The van der Waals surface area contributed by atoms with Crippen LogP contribution in [0.5, 0.6) is 11.5 Å². The maximum absolute atomic E-state index is 14.2. The van der Waals surface area contributed by atoms with Gasteiger partial charge in [0.1, 0.15) is 24.1 Å². The van der Waals surface area contributed by atoms with Crippen molar-refractivity contribution in [3.63, 3.8) is 0 Å². The molecule has 9 nitrogen and oxygen atoms in total. The number of sulfonamides is 1. The zero-order valence-electron chi connectivity index (χ0n) is 25.6. The monoisotopic (exact) mass is 627 g/mol. The predicted molar refractivity (Wildman–Crippen MR) is 171 cm³/mol. The standard InChI is InChI=1S/C32H41N3O6S2/c1-7-30(32(37)33-23(3)4)34(21-24-10-9-11-27(20-24)40-5)31(36)22-35(25-12-14-26(15-13-25)41-8-2)43(38,39)29-18-16-28(42-6)17-19-29/h9-20,23,30H,7-8,21-22H2,1-6H3,(H,33,37)/t30-/m0/s1. The number of benzene rings is 3. The van der Waals surface area contributed by atoms with Crippen LogP contribution in [0.4, 0.5) is 5.69 Å². The van der Waals surface area contributed by atoms with Crippen molar-refractivity contribution >= 4 is 39.3 Å². The van der Waals surface area contributed by atoms with Crippen molar-refractivity contribution in [2.45, 2.75) is 62.5 Å². The third-order valence-electron chi connectivity index (χ3n) is 6.67. The van der Waals surface area contributed by atoms with Gasteiger partial charge in [-0.2, -0.15) is 0 Å². The number of nitrogens with zero attached hydrogens (tertiary/aromatic N) is 2. The largest absolute Gasteiger partial charge is 0.497 e. The molecule has 0 unspecified atom stereocenters. The second-order valence-electron chi connectivity index (χ2n) is 10.1. The van der Waals surface area contributed by atoms with E-state index in [0.29, 0.717) is 30.2 Å². The summed E-state index contributed by atoms with van der Waals surface area (Å²) in [5, 5.41) is 2.90. The normalized spacial score (nSPS) is 12.0. The molecule has 11 heteroatoms. The predicted octanol–water partition coefficient (Wildman–Crippen LogP) is 5.34. The lowest BCUT2D eigenvalue weighted by atomic mass is 10.1. The van der Waals surface area contributed by atoms with Gasteiger partial charge in [0.05, 0.1) is 24.3 Å². The first-order valence-corrected chi connectivity index (χ1v) is 16.8. The van der Waals surface area contributed by atoms with Crippen molar-refractivity contribution < 1.29 is 27.5 Å². The zero-order chi connectivity index (χ0) is 31.6. The van der Waals surface area contributed by atoms with E-state index >= 15 is 0 Å². The zero-order valence-corrected chi connectivity index (χ0v) is 27.2. The number of carbonyl (C=O) groups excluding carboxylic acids is 2. The summed E-state index contributed by atoms with van der Waals surface area (Å²) < 4.78 is 40.2. The van der Waals surface area contributed by atoms with Crippen LogP contribution in [-0.2, 0) is 26.2 Å². The van der Waals surface area contributed by atoms with Crippen LogP contribution in [0.2, 0.25) is 0 Å². The van der Waals surface area contributed by atoms with Crippen LogP contribution < -0.4 is 19.1 Å². The fourth-order valence-electron chi connectivity index (χ4n) is 4.55. The van der Waals surface area contributed by atoms with Crippen molar-refractivity contribution in [3.05, 3.63) is 78.4 Å². The Bertz CT molecular complexity index is 1460. The maximum atomic E-state index is 14.2. The van der Waals surface area contributed by atoms with Gasteiger partial charge in [-0.15, -0.1) is 11.8 Å². The highest BCUT2D eigenvalue weighted by molar-refractivity contribution is 7.98. The summed E-state index contributed by atoms with van der Waals surface area (Å²) in [4.78, 5) is 29.9. The Morgan fingerprint density at radius 2 is 1.63 bits per heavy atom. The van der Waals surface area contributed by atoms with Gasteiger partial charge in [-0.3, -0.25) is 13.9 Å². The van der Waals surface area contributed by atoms with Crippen LogP contribution in [0.1, 0.15) is 39.7 Å². The second kappa shape index (κ2) is 15.7. The highest BCUT2D eigenvalue weighted by Crippen LogP contribution is 2.28. The number of carbonyl (C=O) groups is 2. The van der Waals surface area contributed by atoms with Crippen LogP contribution in [0.15, 0.2) is 82.6 Å². The Morgan fingerprint density at radius 3 is 2.19 bits per heavy atom. The Balaban J connectivity index is 2.08. The van der Waals surface area contributed by atoms with Crippen molar-refractivity contribution in [1.82, 2.24) is 10.2 Å². The minimum atomic E-state index is -4.17. The van der Waals surface area contributed by atoms with E-state index < -0.39 is 28.5 Å². The van der Waals surface area contributed by atoms with E-state index in [4.69, 9.17) is 9.47 Å². The molecule has 1 N–H and O–H groups in total. The number of thioether (sulfide) groups is 1. The highest BCUT2D eigenvalue weighted by Gasteiger charge is 2.34. The number of hydrogen-bond acceptors (Lipinski definition) is 7. The number of ether oxygens (including phenoxy) is 2. The van der Waals surface area contributed by atoms with Gasteiger partial charge >= 0.3 is 0 Å². The molecule has 3 rings (SSSR count). The molecule has 2 amide bonds. The Labute approximate surface area is 259 Å². The smallest absolute Gasteiger partial charge is 0.264 e. The fraction of sp³-hybridized carbons (Fsp3) is 0.375. The quantitative estimate of drug-likeness (QED) is 0.227. The van der Waals surface area contributed by atoms with Crippen LogP contribution in [0.3, 0.4) is 0 Å². The van der Waals surface area contributed by atoms with Gasteiger partial charge in [0.2, 0.25) is 11.8 Å².